The number of amides is 1. The average Bonchev–Trinajstić information content (AvgIpc) is 2.63. The molecular weight excluding hydrogens is 312 g/mol. The maximum Gasteiger partial charge on any atom is 0.417 e. The second-order valence-corrected chi connectivity index (χ2v) is 6.59. The Labute approximate surface area is 149 Å². The zero-order chi connectivity index (χ0) is 17.5. The van der Waals surface area contributed by atoms with Gasteiger partial charge in [-0.2, -0.15) is 0 Å². The van der Waals surface area contributed by atoms with Gasteiger partial charge in [-0.1, -0.05) is 37.3 Å². The van der Waals surface area contributed by atoms with E-state index in [0.29, 0.717) is 11.7 Å². The van der Waals surface area contributed by atoms with E-state index in [1.807, 2.05) is 48.5 Å². The number of anilines is 1. The third kappa shape index (κ3) is 5.07. The number of carbonyl (C=O) groups excluding carboxylic acids is 1. The molecule has 1 fully saturated rings. The van der Waals surface area contributed by atoms with Crippen LogP contribution in [-0.2, 0) is 0 Å². The third-order valence-corrected chi connectivity index (χ3v) is 4.61. The highest BCUT2D eigenvalue weighted by Crippen LogP contribution is 2.29. The van der Waals surface area contributed by atoms with E-state index >= 15 is 0 Å². The number of nitrogens with one attached hydrogen (secondary N) is 1. The summed E-state index contributed by atoms with van der Waals surface area (Å²) in [6.07, 6.45) is 3.15. The van der Waals surface area contributed by atoms with Crippen molar-refractivity contribution in [2.24, 2.45) is 0 Å². The smallest absolute Gasteiger partial charge is 0.410 e. The number of hydrogen-bond donors (Lipinski definition) is 1. The van der Waals surface area contributed by atoms with Gasteiger partial charge >= 0.3 is 6.09 Å². The van der Waals surface area contributed by atoms with Gasteiger partial charge in [-0.05, 0) is 68.1 Å². The van der Waals surface area contributed by atoms with Crippen molar-refractivity contribution in [1.82, 2.24) is 4.90 Å². The number of benzene rings is 2. The molecule has 2 aromatic carbocycles. The first-order chi connectivity index (χ1) is 12.2. The summed E-state index contributed by atoms with van der Waals surface area (Å²) in [5.41, 5.74) is 1.98. The summed E-state index contributed by atoms with van der Waals surface area (Å²) in [5.74, 6) is 1.11. The first kappa shape index (κ1) is 17.5. The molecule has 0 spiro atoms. The van der Waals surface area contributed by atoms with Crippen molar-refractivity contribution < 1.29 is 9.53 Å². The molecule has 1 N–H and O–H groups in total. The largest absolute Gasteiger partial charge is 0.417 e. The molecule has 4 nitrogen and oxygen atoms in total. The van der Waals surface area contributed by atoms with Crippen LogP contribution in [0, 0.1) is 0 Å². The Balaban J connectivity index is 1.62. The molecule has 4 heteroatoms. The number of likely N-dealkylation sites (tertiary alicyclic amines) is 1. The maximum atomic E-state index is 12.1. The fourth-order valence-corrected chi connectivity index (χ4v) is 3.45. The molecule has 0 bridgehead atoms. The lowest BCUT2D eigenvalue weighted by Crippen LogP contribution is -2.34. The van der Waals surface area contributed by atoms with Crippen molar-refractivity contribution in [1.29, 1.82) is 0 Å². The quantitative estimate of drug-likeness (QED) is 0.844. The van der Waals surface area contributed by atoms with E-state index < -0.39 is 6.09 Å². The molecule has 3 rings (SSSR count). The minimum atomic E-state index is -0.459. The van der Waals surface area contributed by atoms with E-state index in [4.69, 9.17) is 4.74 Å². The van der Waals surface area contributed by atoms with E-state index in [1.54, 1.807) is 0 Å². The van der Waals surface area contributed by atoms with Crippen LogP contribution < -0.4 is 10.1 Å². The van der Waals surface area contributed by atoms with Gasteiger partial charge in [0, 0.05) is 12.2 Å². The molecule has 0 aromatic heterocycles. The Kier molecular flexibility index (Phi) is 6.07. The van der Waals surface area contributed by atoms with Gasteiger partial charge in [0.15, 0.2) is 0 Å². The number of carbonyl (C=O) groups is 1. The molecule has 1 amide bonds. The minimum Gasteiger partial charge on any atom is -0.410 e. The summed E-state index contributed by atoms with van der Waals surface area (Å²) < 4.78 is 5.46. The first-order valence-corrected chi connectivity index (χ1v) is 9.11. The standard InChI is InChI=1S/C21H26N2O2/c1-2-13-23-14-7-9-18(16-23)17-8-6-12-20(15-17)25-21(24)22-19-10-4-3-5-11-19/h3-6,8,10-12,15,18H,2,7,9,13-14,16H2,1H3,(H,22,24)/t18-/m1/s1. The Bertz CT molecular complexity index is 685. The SMILES string of the molecule is CCCN1CCC[C@@H](c2cccc(OC(=O)Nc3ccccc3)c2)C1. The molecule has 0 radical (unpaired) electrons. The molecule has 0 unspecified atom stereocenters. The number of nitrogens with zero attached hydrogens (tertiary/aromatic N) is 1. The van der Waals surface area contributed by atoms with Crippen LogP contribution in [0.5, 0.6) is 5.75 Å². The molecule has 0 saturated carbocycles. The van der Waals surface area contributed by atoms with E-state index in [1.165, 1.54) is 31.4 Å². The summed E-state index contributed by atoms with van der Waals surface area (Å²) in [6.45, 7) is 5.67. The summed E-state index contributed by atoms with van der Waals surface area (Å²) in [7, 11) is 0. The fraction of sp³-hybridized carbons (Fsp3) is 0.381. The lowest BCUT2D eigenvalue weighted by atomic mass is 9.90. The van der Waals surface area contributed by atoms with Gasteiger partial charge in [-0.3, -0.25) is 5.32 Å². The molecule has 1 heterocycles. The van der Waals surface area contributed by atoms with Crippen LogP contribution in [0.4, 0.5) is 10.5 Å². The van der Waals surface area contributed by atoms with Gasteiger partial charge in [0.1, 0.15) is 5.75 Å². The zero-order valence-electron chi connectivity index (χ0n) is 14.8. The Morgan fingerprint density at radius 3 is 2.84 bits per heavy atom. The van der Waals surface area contributed by atoms with Crippen LogP contribution >= 0.6 is 0 Å². The van der Waals surface area contributed by atoms with Crippen molar-refractivity contribution in [3.63, 3.8) is 0 Å². The van der Waals surface area contributed by atoms with Gasteiger partial charge in [-0.25, -0.2) is 4.79 Å². The number of rotatable bonds is 5. The minimum absolute atomic E-state index is 0.459. The van der Waals surface area contributed by atoms with Gasteiger partial charge in [-0.15, -0.1) is 0 Å². The van der Waals surface area contributed by atoms with Gasteiger partial charge in [0.25, 0.3) is 0 Å². The Hall–Kier alpha value is -2.33. The van der Waals surface area contributed by atoms with Crippen LogP contribution in [0.1, 0.15) is 37.7 Å². The van der Waals surface area contributed by atoms with Crippen molar-refractivity contribution in [2.75, 3.05) is 25.0 Å². The first-order valence-electron chi connectivity index (χ1n) is 9.11. The molecular formula is C21H26N2O2. The Morgan fingerprint density at radius 2 is 2.04 bits per heavy atom. The topological polar surface area (TPSA) is 41.6 Å². The Morgan fingerprint density at radius 1 is 1.20 bits per heavy atom. The van der Waals surface area contributed by atoms with Crippen LogP contribution in [-0.4, -0.2) is 30.6 Å². The summed E-state index contributed by atoms with van der Waals surface area (Å²) >= 11 is 0. The number of ether oxygens (including phenoxy) is 1. The zero-order valence-corrected chi connectivity index (χ0v) is 14.8. The molecule has 132 valence electrons. The average molecular weight is 338 g/mol. The summed E-state index contributed by atoms with van der Waals surface area (Å²) in [4.78, 5) is 14.6. The van der Waals surface area contributed by atoms with Crippen LogP contribution in [0.3, 0.4) is 0 Å². The molecule has 1 aliphatic rings. The van der Waals surface area contributed by atoms with Crippen molar-refractivity contribution in [3.8, 4) is 5.75 Å². The van der Waals surface area contributed by atoms with Gasteiger partial charge in [0.05, 0.1) is 0 Å². The summed E-state index contributed by atoms with van der Waals surface area (Å²) in [6, 6.07) is 17.3. The van der Waals surface area contributed by atoms with Crippen LogP contribution in [0.15, 0.2) is 54.6 Å². The molecule has 1 saturated heterocycles. The van der Waals surface area contributed by atoms with Crippen LogP contribution in [0.2, 0.25) is 0 Å². The number of piperidine rings is 1. The highest BCUT2D eigenvalue weighted by atomic mass is 16.6. The van der Waals surface area contributed by atoms with Crippen molar-refractivity contribution in [2.45, 2.75) is 32.1 Å². The monoisotopic (exact) mass is 338 g/mol. The maximum absolute atomic E-state index is 12.1. The van der Waals surface area contributed by atoms with Crippen molar-refractivity contribution >= 4 is 11.8 Å². The fourth-order valence-electron chi connectivity index (χ4n) is 3.45. The van der Waals surface area contributed by atoms with E-state index in [0.717, 1.165) is 18.8 Å². The second-order valence-electron chi connectivity index (χ2n) is 6.59. The molecule has 1 aliphatic heterocycles. The number of para-hydroxylation sites is 1. The van der Waals surface area contributed by atoms with E-state index in [-0.39, 0.29) is 0 Å². The summed E-state index contributed by atoms with van der Waals surface area (Å²) in [5, 5.41) is 2.74. The second kappa shape index (κ2) is 8.67. The van der Waals surface area contributed by atoms with Crippen molar-refractivity contribution in [3.05, 3.63) is 60.2 Å². The van der Waals surface area contributed by atoms with Gasteiger partial charge < -0.3 is 9.64 Å². The highest BCUT2D eigenvalue weighted by Gasteiger charge is 2.21. The predicted molar refractivity (Wildman–Crippen MR) is 101 cm³/mol. The normalized spacial score (nSPS) is 17.9. The van der Waals surface area contributed by atoms with Crippen LogP contribution in [0.25, 0.3) is 0 Å². The van der Waals surface area contributed by atoms with E-state index in [9.17, 15) is 4.79 Å². The molecule has 25 heavy (non-hydrogen) atoms. The molecule has 0 aliphatic carbocycles. The molecule has 1 atom stereocenters. The number of hydrogen-bond acceptors (Lipinski definition) is 3. The van der Waals surface area contributed by atoms with E-state index in [2.05, 4.69) is 23.2 Å². The lowest BCUT2D eigenvalue weighted by molar-refractivity contribution is 0.207. The lowest BCUT2D eigenvalue weighted by Gasteiger charge is -2.32. The van der Waals surface area contributed by atoms with Gasteiger partial charge in [0.2, 0.25) is 0 Å². The predicted octanol–water partition coefficient (Wildman–Crippen LogP) is 4.89. The third-order valence-electron chi connectivity index (χ3n) is 4.61. The highest BCUT2D eigenvalue weighted by molar-refractivity contribution is 5.86. The molecule has 2 aromatic rings.